The fourth-order valence-electron chi connectivity index (χ4n) is 1.36. The second-order valence-corrected chi connectivity index (χ2v) is 4.76. The van der Waals surface area contributed by atoms with E-state index in [2.05, 4.69) is 28.2 Å². The lowest BCUT2D eigenvalue weighted by molar-refractivity contribution is 0.199. The fourth-order valence-corrected chi connectivity index (χ4v) is 1.68. The highest BCUT2D eigenvalue weighted by atomic mass is 79.9. The first kappa shape index (κ1) is 12.7. The van der Waals surface area contributed by atoms with Crippen LogP contribution in [0.2, 0.25) is 0 Å². The Hall–Kier alpha value is -0.320. The van der Waals surface area contributed by atoms with Gasteiger partial charge < -0.3 is 14.8 Å². The molecule has 86 valence electrons. The molecule has 1 rings (SSSR count). The van der Waals surface area contributed by atoms with E-state index in [9.17, 15) is 0 Å². The maximum atomic E-state index is 9.02. The van der Waals surface area contributed by atoms with Gasteiger partial charge in [-0.15, -0.1) is 0 Å². The molecular weight excluding hydrogens is 258 g/mol. The SMILES string of the molecule is CC(NC(C)C(C)CO)c1ccc(Br)o1. The van der Waals surface area contributed by atoms with Gasteiger partial charge >= 0.3 is 0 Å². The molecule has 0 spiro atoms. The van der Waals surface area contributed by atoms with Crippen LogP contribution in [0.15, 0.2) is 21.2 Å². The lowest BCUT2D eigenvalue weighted by atomic mass is 10.0. The zero-order chi connectivity index (χ0) is 11.4. The number of aliphatic hydroxyl groups excluding tert-OH is 1. The van der Waals surface area contributed by atoms with Crippen LogP contribution in [0.25, 0.3) is 0 Å². The summed E-state index contributed by atoms with van der Waals surface area (Å²) in [6.07, 6.45) is 0. The van der Waals surface area contributed by atoms with Gasteiger partial charge in [-0.2, -0.15) is 0 Å². The molecule has 0 bridgehead atoms. The molecule has 15 heavy (non-hydrogen) atoms. The first-order valence-electron chi connectivity index (χ1n) is 5.16. The van der Waals surface area contributed by atoms with Gasteiger partial charge in [-0.25, -0.2) is 0 Å². The second-order valence-electron chi connectivity index (χ2n) is 3.98. The van der Waals surface area contributed by atoms with Gasteiger partial charge in [0, 0.05) is 12.6 Å². The number of hydrogen-bond acceptors (Lipinski definition) is 3. The van der Waals surface area contributed by atoms with Gasteiger partial charge in [0.25, 0.3) is 0 Å². The third-order valence-electron chi connectivity index (χ3n) is 2.68. The van der Waals surface area contributed by atoms with Crippen LogP contribution < -0.4 is 5.32 Å². The topological polar surface area (TPSA) is 45.4 Å². The predicted octanol–water partition coefficient (Wildman–Crippen LogP) is 2.71. The van der Waals surface area contributed by atoms with E-state index >= 15 is 0 Å². The van der Waals surface area contributed by atoms with Crippen molar-refractivity contribution in [2.24, 2.45) is 5.92 Å². The molecule has 0 amide bonds. The van der Waals surface area contributed by atoms with Crippen LogP contribution in [0.1, 0.15) is 32.6 Å². The highest BCUT2D eigenvalue weighted by molar-refractivity contribution is 9.10. The normalized spacial score (nSPS) is 17.4. The van der Waals surface area contributed by atoms with E-state index in [1.165, 1.54) is 0 Å². The van der Waals surface area contributed by atoms with Crippen LogP contribution in [0.5, 0.6) is 0 Å². The number of aliphatic hydroxyl groups is 1. The van der Waals surface area contributed by atoms with E-state index < -0.39 is 0 Å². The van der Waals surface area contributed by atoms with Gasteiger partial charge in [0.15, 0.2) is 4.67 Å². The van der Waals surface area contributed by atoms with E-state index in [-0.39, 0.29) is 24.6 Å². The average Bonchev–Trinajstić information content (AvgIpc) is 2.63. The molecule has 0 radical (unpaired) electrons. The molecule has 0 aromatic carbocycles. The average molecular weight is 276 g/mol. The Kier molecular flexibility index (Phi) is 4.83. The van der Waals surface area contributed by atoms with E-state index in [0.717, 1.165) is 10.4 Å². The minimum atomic E-state index is 0.153. The Balaban J connectivity index is 2.52. The third kappa shape index (κ3) is 3.63. The first-order valence-corrected chi connectivity index (χ1v) is 5.96. The van der Waals surface area contributed by atoms with Gasteiger partial charge in [-0.3, -0.25) is 0 Å². The van der Waals surface area contributed by atoms with Crippen molar-refractivity contribution in [3.05, 3.63) is 22.6 Å². The highest BCUT2D eigenvalue weighted by Crippen LogP contribution is 2.21. The van der Waals surface area contributed by atoms with Crippen molar-refractivity contribution in [2.45, 2.75) is 32.9 Å². The van der Waals surface area contributed by atoms with E-state index in [1.54, 1.807) is 0 Å². The van der Waals surface area contributed by atoms with Crippen molar-refractivity contribution in [1.82, 2.24) is 5.32 Å². The molecule has 4 heteroatoms. The maximum Gasteiger partial charge on any atom is 0.169 e. The van der Waals surface area contributed by atoms with Crippen LogP contribution in [0.4, 0.5) is 0 Å². The summed E-state index contributed by atoms with van der Waals surface area (Å²) < 4.78 is 6.20. The summed E-state index contributed by atoms with van der Waals surface area (Å²) in [7, 11) is 0. The van der Waals surface area contributed by atoms with Gasteiger partial charge in [-0.1, -0.05) is 6.92 Å². The summed E-state index contributed by atoms with van der Waals surface area (Å²) in [5.74, 6) is 1.14. The standard InChI is InChI=1S/C11H18BrNO2/c1-7(6-14)8(2)13-9(3)10-4-5-11(12)15-10/h4-5,7-9,13-14H,6H2,1-3H3. The summed E-state index contributed by atoms with van der Waals surface area (Å²) in [5, 5.41) is 12.4. The summed E-state index contributed by atoms with van der Waals surface area (Å²) in [6.45, 7) is 6.33. The number of nitrogens with one attached hydrogen (secondary N) is 1. The zero-order valence-corrected chi connectivity index (χ0v) is 10.9. The summed E-state index contributed by atoms with van der Waals surface area (Å²) >= 11 is 3.27. The van der Waals surface area contributed by atoms with Crippen LogP contribution in [-0.4, -0.2) is 17.8 Å². The number of hydrogen-bond donors (Lipinski definition) is 2. The Morgan fingerprint density at radius 1 is 1.40 bits per heavy atom. The van der Waals surface area contributed by atoms with Crippen molar-refractivity contribution in [3.8, 4) is 0 Å². The Labute approximate surface area is 99.0 Å². The molecule has 3 unspecified atom stereocenters. The Bertz CT molecular complexity index is 301. The Morgan fingerprint density at radius 3 is 2.53 bits per heavy atom. The summed E-state index contributed by atoms with van der Waals surface area (Å²) in [6, 6.07) is 4.24. The third-order valence-corrected chi connectivity index (χ3v) is 3.10. The molecule has 1 heterocycles. The van der Waals surface area contributed by atoms with E-state index in [1.807, 2.05) is 26.0 Å². The molecule has 3 nitrogen and oxygen atoms in total. The number of halogens is 1. The van der Waals surface area contributed by atoms with Crippen LogP contribution >= 0.6 is 15.9 Å². The van der Waals surface area contributed by atoms with Crippen LogP contribution in [0, 0.1) is 5.92 Å². The van der Waals surface area contributed by atoms with Crippen molar-refractivity contribution in [3.63, 3.8) is 0 Å². The molecule has 1 aromatic rings. The monoisotopic (exact) mass is 275 g/mol. The molecule has 0 aliphatic rings. The fraction of sp³-hybridized carbons (Fsp3) is 0.636. The van der Waals surface area contributed by atoms with Crippen LogP contribution in [0.3, 0.4) is 0 Å². The lowest BCUT2D eigenvalue weighted by Gasteiger charge is -2.22. The smallest absolute Gasteiger partial charge is 0.169 e. The molecule has 0 saturated heterocycles. The van der Waals surface area contributed by atoms with E-state index in [0.29, 0.717) is 0 Å². The van der Waals surface area contributed by atoms with Gasteiger partial charge in [0.2, 0.25) is 0 Å². The van der Waals surface area contributed by atoms with Crippen molar-refractivity contribution in [1.29, 1.82) is 0 Å². The van der Waals surface area contributed by atoms with Crippen molar-refractivity contribution >= 4 is 15.9 Å². The maximum absolute atomic E-state index is 9.02. The number of rotatable bonds is 5. The largest absolute Gasteiger partial charge is 0.453 e. The molecule has 2 N–H and O–H groups in total. The van der Waals surface area contributed by atoms with E-state index in [4.69, 9.17) is 9.52 Å². The predicted molar refractivity (Wildman–Crippen MR) is 63.7 cm³/mol. The molecule has 0 aliphatic heterocycles. The summed E-state index contributed by atoms with van der Waals surface area (Å²) in [5.41, 5.74) is 0. The molecule has 0 aliphatic carbocycles. The lowest BCUT2D eigenvalue weighted by Crippen LogP contribution is -2.35. The quantitative estimate of drug-likeness (QED) is 0.869. The minimum absolute atomic E-state index is 0.153. The highest BCUT2D eigenvalue weighted by Gasteiger charge is 2.16. The van der Waals surface area contributed by atoms with Gasteiger partial charge in [0.1, 0.15) is 5.76 Å². The minimum Gasteiger partial charge on any atom is -0.453 e. The summed E-state index contributed by atoms with van der Waals surface area (Å²) in [4.78, 5) is 0. The molecule has 3 atom stereocenters. The number of furan rings is 1. The van der Waals surface area contributed by atoms with Gasteiger partial charge in [0.05, 0.1) is 6.04 Å². The molecule has 0 saturated carbocycles. The van der Waals surface area contributed by atoms with Crippen molar-refractivity contribution in [2.75, 3.05) is 6.61 Å². The molecular formula is C11H18BrNO2. The molecule has 0 fully saturated rings. The molecule has 1 aromatic heterocycles. The second kappa shape index (κ2) is 5.68. The Morgan fingerprint density at radius 2 is 2.07 bits per heavy atom. The first-order chi connectivity index (χ1) is 7.04. The van der Waals surface area contributed by atoms with Crippen molar-refractivity contribution < 1.29 is 9.52 Å². The van der Waals surface area contributed by atoms with Gasteiger partial charge in [-0.05, 0) is 47.8 Å². The zero-order valence-electron chi connectivity index (χ0n) is 9.33. The van der Waals surface area contributed by atoms with Crippen LogP contribution in [-0.2, 0) is 0 Å².